The van der Waals surface area contributed by atoms with Crippen LogP contribution in [0.2, 0.25) is 0 Å². The highest BCUT2D eigenvalue weighted by atomic mass is 32.2. The van der Waals surface area contributed by atoms with Gasteiger partial charge in [0.05, 0.1) is 33.9 Å². The van der Waals surface area contributed by atoms with Gasteiger partial charge in [-0.2, -0.15) is 17.6 Å². The fourth-order valence-corrected chi connectivity index (χ4v) is 5.68. The molecule has 0 bridgehead atoms. The topological polar surface area (TPSA) is 108 Å². The van der Waals surface area contributed by atoms with E-state index >= 15 is 0 Å². The van der Waals surface area contributed by atoms with Gasteiger partial charge in [-0.15, -0.1) is 0 Å². The summed E-state index contributed by atoms with van der Waals surface area (Å²) < 4.78 is 35.2. The van der Waals surface area contributed by atoms with Gasteiger partial charge in [-0.1, -0.05) is 20.8 Å². The summed E-state index contributed by atoms with van der Waals surface area (Å²) in [6.07, 6.45) is 6.82. The Bertz CT molecular complexity index is 1340. The molecule has 1 N–H and O–H groups in total. The number of ether oxygens (including phenoxy) is 1. The van der Waals surface area contributed by atoms with E-state index in [2.05, 4.69) is 35.8 Å². The van der Waals surface area contributed by atoms with Gasteiger partial charge in [0.25, 0.3) is 15.9 Å². The number of aromatic nitrogens is 4. The average molecular weight is 500 g/mol. The van der Waals surface area contributed by atoms with Crippen molar-refractivity contribution in [1.29, 1.82) is 0 Å². The zero-order chi connectivity index (χ0) is 24.8. The highest BCUT2D eigenvalue weighted by Crippen LogP contribution is 2.31. The van der Waals surface area contributed by atoms with Crippen LogP contribution in [0.4, 0.5) is 0 Å². The van der Waals surface area contributed by atoms with Crippen molar-refractivity contribution < 1.29 is 17.9 Å². The third kappa shape index (κ3) is 4.99. The van der Waals surface area contributed by atoms with Gasteiger partial charge in [-0.05, 0) is 55.7 Å². The van der Waals surface area contributed by atoms with Gasteiger partial charge in [0, 0.05) is 31.7 Å². The van der Waals surface area contributed by atoms with E-state index in [1.807, 2.05) is 6.07 Å². The number of amides is 1. The molecule has 1 amide bonds. The molecule has 2 aromatic heterocycles. The lowest BCUT2D eigenvalue weighted by Gasteiger charge is -2.26. The van der Waals surface area contributed by atoms with Crippen molar-refractivity contribution in [1.82, 2.24) is 24.1 Å². The number of nitrogens with zero attached hydrogens (tertiary/aromatic N) is 4. The second kappa shape index (κ2) is 9.05. The van der Waals surface area contributed by atoms with Crippen molar-refractivity contribution in [2.45, 2.75) is 63.3 Å². The molecule has 0 radical (unpaired) electrons. The number of hydrogen-bond donors (Lipinski definition) is 1. The first-order valence-corrected chi connectivity index (χ1v) is 13.7. The number of carbonyl (C=O) groups excluding carboxylic acids is 1. The Kier molecular flexibility index (Phi) is 6.21. The third-order valence-electron chi connectivity index (χ3n) is 6.79. The summed E-state index contributed by atoms with van der Waals surface area (Å²) in [5, 5.41) is 6.82. The molecule has 2 fully saturated rings. The van der Waals surface area contributed by atoms with Crippen LogP contribution in [0.5, 0.6) is 0 Å². The molecule has 0 unspecified atom stereocenters. The van der Waals surface area contributed by atoms with E-state index in [0.717, 1.165) is 60.9 Å². The van der Waals surface area contributed by atoms with Crippen LogP contribution in [0.3, 0.4) is 0 Å². The van der Waals surface area contributed by atoms with E-state index in [9.17, 15) is 13.2 Å². The summed E-state index contributed by atoms with van der Waals surface area (Å²) in [4.78, 5) is 17.3. The number of carbonyl (C=O) groups is 1. The molecule has 3 heterocycles. The van der Waals surface area contributed by atoms with Crippen molar-refractivity contribution in [3.8, 4) is 0 Å². The Morgan fingerprint density at radius 3 is 2.57 bits per heavy atom. The van der Waals surface area contributed by atoms with Gasteiger partial charge in [0.1, 0.15) is 5.82 Å². The Morgan fingerprint density at radius 1 is 1.14 bits per heavy atom. The first-order chi connectivity index (χ1) is 16.6. The first-order valence-electron chi connectivity index (χ1n) is 12.3. The minimum atomic E-state index is -3.97. The van der Waals surface area contributed by atoms with Gasteiger partial charge in [0.15, 0.2) is 0 Å². The summed E-state index contributed by atoms with van der Waals surface area (Å²) in [6, 6.07) is 5.03. The molecule has 1 aliphatic carbocycles. The van der Waals surface area contributed by atoms with Crippen molar-refractivity contribution >= 4 is 27.0 Å². The van der Waals surface area contributed by atoms with Gasteiger partial charge in [-0.3, -0.25) is 4.79 Å². The zero-order valence-electron chi connectivity index (χ0n) is 20.5. The van der Waals surface area contributed by atoms with Crippen LogP contribution >= 0.6 is 0 Å². The molecule has 5 rings (SSSR count). The van der Waals surface area contributed by atoms with Gasteiger partial charge in [0.2, 0.25) is 0 Å². The summed E-state index contributed by atoms with van der Waals surface area (Å²) in [7, 11) is -3.97. The highest BCUT2D eigenvalue weighted by Gasteiger charge is 2.28. The molecular weight excluding hydrogens is 466 g/mol. The SMILES string of the molecule is CC(C)(C)c1nc2cc(S(=O)(=O)n3cc(C(=O)NCC4CC4)cn3)ccc2n1CC1CCOCC1. The van der Waals surface area contributed by atoms with Crippen LogP contribution in [0, 0.1) is 11.8 Å². The lowest BCUT2D eigenvalue weighted by Crippen LogP contribution is -2.25. The van der Waals surface area contributed by atoms with Gasteiger partial charge in [-0.25, -0.2) is 4.98 Å². The van der Waals surface area contributed by atoms with Crippen LogP contribution < -0.4 is 5.32 Å². The molecule has 2 aliphatic rings. The number of rotatable bonds is 7. The fraction of sp³-hybridized carbons (Fsp3) is 0.560. The summed E-state index contributed by atoms with van der Waals surface area (Å²) in [6.45, 7) is 9.34. The largest absolute Gasteiger partial charge is 0.381 e. The quantitative estimate of drug-likeness (QED) is 0.534. The number of hydrogen-bond acceptors (Lipinski definition) is 6. The number of nitrogens with one attached hydrogen (secondary N) is 1. The predicted molar refractivity (Wildman–Crippen MR) is 132 cm³/mol. The van der Waals surface area contributed by atoms with E-state index in [-0.39, 0.29) is 21.8 Å². The zero-order valence-corrected chi connectivity index (χ0v) is 21.3. The van der Waals surface area contributed by atoms with Crippen molar-refractivity contribution in [3.63, 3.8) is 0 Å². The number of fused-ring (bicyclic) bond motifs is 1. The minimum Gasteiger partial charge on any atom is -0.381 e. The fourth-order valence-electron chi connectivity index (χ4n) is 4.54. The second-order valence-corrected chi connectivity index (χ2v) is 12.6. The predicted octanol–water partition coefficient (Wildman–Crippen LogP) is 3.33. The van der Waals surface area contributed by atoms with Crippen LogP contribution in [0.15, 0.2) is 35.5 Å². The smallest absolute Gasteiger partial charge is 0.283 e. The van der Waals surface area contributed by atoms with E-state index in [0.29, 0.717) is 23.9 Å². The molecular formula is C25H33N5O4S. The second-order valence-electron chi connectivity index (χ2n) is 10.8. The number of benzene rings is 1. The Balaban J connectivity index is 1.45. The van der Waals surface area contributed by atoms with Gasteiger partial charge >= 0.3 is 0 Å². The first kappa shape index (κ1) is 24.0. The van der Waals surface area contributed by atoms with Crippen molar-refractivity contribution in [2.75, 3.05) is 19.8 Å². The molecule has 10 heteroatoms. The molecule has 188 valence electrons. The molecule has 1 aromatic carbocycles. The standard InChI is InChI=1S/C25H33N5O4S/c1-25(2,3)24-28-21-12-20(6-7-22(21)29(24)15-18-8-10-34-11-9-18)35(32,33)30-16-19(14-27-30)23(31)26-13-17-4-5-17/h6-7,12,14,16-18H,4-5,8-11,13,15H2,1-3H3,(H,26,31). The maximum absolute atomic E-state index is 13.3. The molecule has 3 aromatic rings. The van der Waals surface area contributed by atoms with Crippen molar-refractivity contribution in [3.05, 3.63) is 42.0 Å². The number of imidazole rings is 1. The molecule has 9 nitrogen and oxygen atoms in total. The Labute approximate surface area is 205 Å². The lowest BCUT2D eigenvalue weighted by atomic mass is 9.94. The molecule has 1 saturated heterocycles. The van der Waals surface area contributed by atoms with E-state index < -0.39 is 10.0 Å². The molecule has 1 aliphatic heterocycles. The molecule has 0 spiro atoms. The normalized spacial score (nSPS) is 17.7. The summed E-state index contributed by atoms with van der Waals surface area (Å²) in [5.74, 6) is 1.66. The average Bonchev–Trinajstić information content (AvgIpc) is 3.37. The van der Waals surface area contributed by atoms with E-state index in [4.69, 9.17) is 9.72 Å². The molecule has 0 atom stereocenters. The Morgan fingerprint density at radius 2 is 1.89 bits per heavy atom. The minimum absolute atomic E-state index is 0.0919. The van der Waals surface area contributed by atoms with Crippen molar-refractivity contribution in [2.24, 2.45) is 11.8 Å². The summed E-state index contributed by atoms with van der Waals surface area (Å²) in [5.41, 5.74) is 1.58. The highest BCUT2D eigenvalue weighted by molar-refractivity contribution is 7.89. The van der Waals surface area contributed by atoms with Crippen LogP contribution in [-0.2, 0) is 26.7 Å². The monoisotopic (exact) mass is 499 g/mol. The summed E-state index contributed by atoms with van der Waals surface area (Å²) >= 11 is 0. The maximum atomic E-state index is 13.3. The Hall–Kier alpha value is -2.72. The third-order valence-corrected chi connectivity index (χ3v) is 8.33. The lowest BCUT2D eigenvalue weighted by molar-refractivity contribution is 0.0611. The van der Waals surface area contributed by atoms with Crippen LogP contribution in [0.25, 0.3) is 11.0 Å². The van der Waals surface area contributed by atoms with Crippen LogP contribution in [0.1, 0.15) is 62.6 Å². The molecule has 35 heavy (non-hydrogen) atoms. The van der Waals surface area contributed by atoms with Crippen LogP contribution in [-0.4, -0.2) is 52.8 Å². The molecule has 1 saturated carbocycles. The van der Waals surface area contributed by atoms with Gasteiger partial charge < -0.3 is 14.6 Å². The maximum Gasteiger partial charge on any atom is 0.283 e. The van der Waals surface area contributed by atoms with E-state index in [1.54, 1.807) is 12.1 Å². The van der Waals surface area contributed by atoms with E-state index in [1.165, 1.54) is 12.4 Å².